The molecule has 0 radical (unpaired) electrons. The minimum absolute atomic E-state index is 0.123. The summed E-state index contributed by atoms with van der Waals surface area (Å²) in [7, 11) is -3.26. The highest BCUT2D eigenvalue weighted by Gasteiger charge is 2.41. The van der Waals surface area contributed by atoms with Crippen LogP contribution in [0.4, 0.5) is 0 Å². The van der Waals surface area contributed by atoms with Crippen molar-refractivity contribution in [1.29, 1.82) is 0 Å². The van der Waals surface area contributed by atoms with Crippen LogP contribution in [0.15, 0.2) is 0 Å². The van der Waals surface area contributed by atoms with Gasteiger partial charge in [0, 0.05) is 6.26 Å². The molecule has 0 aromatic heterocycles. The number of hydrogen-bond donors (Lipinski definition) is 3. The number of sulfone groups is 1. The molecule has 0 aliphatic carbocycles. The molecule has 3 N–H and O–H groups in total. The average molecular weight is 320 g/mol. The number of nitrogens with one attached hydrogen (secondary N) is 2. The van der Waals surface area contributed by atoms with Crippen molar-refractivity contribution in [2.45, 2.75) is 50.6 Å². The number of hydrogen-bond acceptors (Lipinski definition) is 5. The molecular weight excluding hydrogens is 296 g/mol. The third-order valence-corrected chi connectivity index (χ3v) is 4.71. The standard InChI is InChI=1S/C13H24N2O5S/c1-3-6-13(7-4-8-14-13)12(18)15-10(11(16)17)5-9-21(2,19)20/h10,14H,3-9H2,1-2H3,(H,15,18)(H,16,17). The third-order valence-electron chi connectivity index (χ3n) is 3.74. The normalized spacial score (nSPS) is 23.7. The third kappa shape index (κ3) is 5.28. The predicted molar refractivity (Wildman–Crippen MR) is 78.8 cm³/mol. The van der Waals surface area contributed by atoms with Crippen molar-refractivity contribution in [3.05, 3.63) is 0 Å². The van der Waals surface area contributed by atoms with E-state index in [1.54, 1.807) is 0 Å². The van der Waals surface area contributed by atoms with Crippen LogP contribution in [-0.2, 0) is 19.4 Å². The van der Waals surface area contributed by atoms with Crippen LogP contribution in [0.5, 0.6) is 0 Å². The Bertz CT molecular complexity index is 483. The van der Waals surface area contributed by atoms with Gasteiger partial charge >= 0.3 is 5.97 Å². The van der Waals surface area contributed by atoms with Gasteiger partial charge in [0.2, 0.25) is 5.91 Å². The van der Waals surface area contributed by atoms with Crippen LogP contribution in [0, 0.1) is 0 Å². The lowest BCUT2D eigenvalue weighted by Crippen LogP contribution is -2.57. The summed E-state index contributed by atoms with van der Waals surface area (Å²) in [5.41, 5.74) is -0.715. The summed E-state index contributed by atoms with van der Waals surface area (Å²) in [5, 5.41) is 14.8. The first-order chi connectivity index (χ1) is 9.70. The molecule has 1 amide bonds. The molecule has 0 bridgehead atoms. The number of carboxylic acid groups (broad SMARTS) is 1. The maximum Gasteiger partial charge on any atom is 0.326 e. The second-order valence-electron chi connectivity index (χ2n) is 5.65. The Morgan fingerprint density at radius 2 is 2.10 bits per heavy atom. The number of carbonyl (C=O) groups is 2. The number of aliphatic carboxylic acids is 1. The molecule has 21 heavy (non-hydrogen) atoms. The summed E-state index contributed by atoms with van der Waals surface area (Å²) < 4.78 is 22.3. The van der Waals surface area contributed by atoms with E-state index in [4.69, 9.17) is 5.11 Å². The summed E-state index contributed by atoms with van der Waals surface area (Å²) in [6, 6.07) is -1.18. The lowest BCUT2D eigenvalue weighted by atomic mass is 9.90. The Hall–Kier alpha value is -1.15. The molecule has 1 saturated heterocycles. The minimum Gasteiger partial charge on any atom is -0.480 e. The summed E-state index contributed by atoms with van der Waals surface area (Å²) in [4.78, 5) is 23.6. The average Bonchev–Trinajstić information content (AvgIpc) is 2.83. The van der Waals surface area contributed by atoms with E-state index in [9.17, 15) is 18.0 Å². The fourth-order valence-electron chi connectivity index (χ4n) is 2.64. The van der Waals surface area contributed by atoms with Gasteiger partial charge in [0.25, 0.3) is 0 Å². The number of amides is 1. The Morgan fingerprint density at radius 1 is 1.43 bits per heavy atom. The molecule has 122 valence electrons. The summed E-state index contributed by atoms with van der Waals surface area (Å²) >= 11 is 0. The predicted octanol–water partition coefficient (Wildman–Crippen LogP) is -0.0872. The zero-order valence-corrected chi connectivity index (χ0v) is 13.3. The molecule has 0 aromatic carbocycles. The minimum atomic E-state index is -3.26. The highest BCUT2D eigenvalue weighted by molar-refractivity contribution is 7.90. The van der Waals surface area contributed by atoms with Crippen molar-refractivity contribution in [2.75, 3.05) is 18.6 Å². The number of carboxylic acids is 1. The van der Waals surface area contributed by atoms with E-state index in [1.165, 1.54) is 0 Å². The van der Waals surface area contributed by atoms with E-state index in [1.807, 2.05) is 6.92 Å². The van der Waals surface area contributed by atoms with Gasteiger partial charge < -0.3 is 15.7 Å². The number of rotatable bonds is 8. The van der Waals surface area contributed by atoms with Crippen LogP contribution in [0.25, 0.3) is 0 Å². The lowest BCUT2D eigenvalue weighted by Gasteiger charge is -2.29. The van der Waals surface area contributed by atoms with Crippen LogP contribution in [0.1, 0.15) is 39.0 Å². The van der Waals surface area contributed by atoms with Crippen molar-refractivity contribution >= 4 is 21.7 Å². The zero-order chi connectivity index (χ0) is 16.1. The summed E-state index contributed by atoms with van der Waals surface area (Å²) in [5.74, 6) is -1.82. The van der Waals surface area contributed by atoms with Gasteiger partial charge in [0.1, 0.15) is 15.9 Å². The zero-order valence-electron chi connectivity index (χ0n) is 12.5. The SMILES string of the molecule is CCCC1(C(=O)NC(CCS(C)(=O)=O)C(=O)O)CCCN1. The van der Waals surface area contributed by atoms with E-state index in [-0.39, 0.29) is 18.1 Å². The van der Waals surface area contributed by atoms with Crippen LogP contribution in [0.2, 0.25) is 0 Å². The van der Waals surface area contributed by atoms with Crippen LogP contribution in [-0.4, -0.2) is 55.5 Å². The molecule has 7 nitrogen and oxygen atoms in total. The van der Waals surface area contributed by atoms with Crippen LogP contribution < -0.4 is 10.6 Å². The van der Waals surface area contributed by atoms with E-state index in [0.717, 1.165) is 25.6 Å². The Balaban J connectivity index is 2.73. The second kappa shape index (κ2) is 7.22. The van der Waals surface area contributed by atoms with Crippen molar-refractivity contribution < 1.29 is 23.1 Å². The van der Waals surface area contributed by atoms with Crippen LogP contribution in [0.3, 0.4) is 0 Å². The topological polar surface area (TPSA) is 113 Å². The molecule has 2 atom stereocenters. The molecule has 1 heterocycles. The molecular formula is C13H24N2O5S. The van der Waals surface area contributed by atoms with Crippen molar-refractivity contribution in [1.82, 2.24) is 10.6 Å². The molecule has 0 aromatic rings. The first kappa shape index (κ1) is 17.9. The number of carbonyl (C=O) groups excluding carboxylic acids is 1. The first-order valence-corrected chi connectivity index (χ1v) is 9.23. The van der Waals surface area contributed by atoms with Crippen molar-refractivity contribution in [3.8, 4) is 0 Å². The molecule has 1 aliphatic heterocycles. The molecule has 0 spiro atoms. The maximum absolute atomic E-state index is 12.4. The maximum atomic E-state index is 12.4. The highest BCUT2D eigenvalue weighted by atomic mass is 32.2. The van der Waals surface area contributed by atoms with Crippen LogP contribution >= 0.6 is 0 Å². The Morgan fingerprint density at radius 3 is 2.52 bits per heavy atom. The van der Waals surface area contributed by atoms with Gasteiger partial charge in [-0.05, 0) is 32.2 Å². The molecule has 8 heteroatoms. The summed E-state index contributed by atoms with van der Waals surface area (Å²) in [6.07, 6.45) is 3.91. The highest BCUT2D eigenvalue weighted by Crippen LogP contribution is 2.25. The van der Waals surface area contributed by atoms with Gasteiger partial charge in [0.15, 0.2) is 0 Å². The lowest BCUT2D eigenvalue weighted by molar-refractivity contribution is -0.143. The fraction of sp³-hybridized carbons (Fsp3) is 0.846. The summed E-state index contributed by atoms with van der Waals surface area (Å²) in [6.45, 7) is 2.70. The monoisotopic (exact) mass is 320 g/mol. The molecule has 0 saturated carbocycles. The molecule has 2 unspecified atom stereocenters. The quantitative estimate of drug-likeness (QED) is 0.576. The second-order valence-corrected chi connectivity index (χ2v) is 7.91. The van der Waals surface area contributed by atoms with Gasteiger partial charge in [-0.3, -0.25) is 4.79 Å². The Labute approximate surface area is 125 Å². The Kier molecular flexibility index (Phi) is 6.15. The smallest absolute Gasteiger partial charge is 0.326 e. The van der Waals surface area contributed by atoms with Crippen molar-refractivity contribution in [3.63, 3.8) is 0 Å². The fourth-order valence-corrected chi connectivity index (χ4v) is 3.30. The van der Waals surface area contributed by atoms with Gasteiger partial charge in [-0.1, -0.05) is 13.3 Å². The molecule has 1 fully saturated rings. The van der Waals surface area contributed by atoms with Gasteiger partial charge in [-0.25, -0.2) is 13.2 Å². The van der Waals surface area contributed by atoms with Gasteiger partial charge in [0.05, 0.1) is 11.3 Å². The van der Waals surface area contributed by atoms with E-state index in [0.29, 0.717) is 12.8 Å². The van der Waals surface area contributed by atoms with Gasteiger partial charge in [-0.2, -0.15) is 0 Å². The molecule has 1 rings (SSSR count). The van der Waals surface area contributed by atoms with Gasteiger partial charge in [-0.15, -0.1) is 0 Å². The van der Waals surface area contributed by atoms with Crippen molar-refractivity contribution in [2.24, 2.45) is 0 Å². The van der Waals surface area contributed by atoms with E-state index < -0.39 is 27.4 Å². The largest absolute Gasteiger partial charge is 0.480 e. The van der Waals surface area contributed by atoms with E-state index in [2.05, 4.69) is 10.6 Å². The first-order valence-electron chi connectivity index (χ1n) is 7.17. The van der Waals surface area contributed by atoms with E-state index >= 15 is 0 Å². The molecule has 1 aliphatic rings.